The van der Waals surface area contributed by atoms with Gasteiger partial charge in [-0.15, -0.1) is 0 Å². The van der Waals surface area contributed by atoms with Crippen LogP contribution >= 0.6 is 0 Å². The lowest BCUT2D eigenvalue weighted by molar-refractivity contribution is -0.152. The highest BCUT2D eigenvalue weighted by Gasteiger charge is 2.35. The molecule has 0 radical (unpaired) electrons. The van der Waals surface area contributed by atoms with Gasteiger partial charge in [-0.25, -0.2) is 0 Å². The number of carboxylic acids is 1. The lowest BCUT2D eigenvalue weighted by Crippen LogP contribution is -2.51. The number of ketones is 1. The fourth-order valence-corrected chi connectivity index (χ4v) is 1.93. The van der Waals surface area contributed by atoms with E-state index in [1.807, 2.05) is 0 Å². The fraction of sp³-hybridized carbons (Fsp3) is 0.765. The van der Waals surface area contributed by atoms with Gasteiger partial charge in [0.25, 0.3) is 0 Å². The molecule has 0 saturated heterocycles. The van der Waals surface area contributed by atoms with Crippen molar-refractivity contribution < 1.29 is 29.4 Å². The molecule has 8 nitrogen and oxygen atoms in total. The van der Waals surface area contributed by atoms with Gasteiger partial charge >= 0.3 is 5.97 Å². The van der Waals surface area contributed by atoms with Gasteiger partial charge in [-0.3, -0.25) is 19.2 Å². The van der Waals surface area contributed by atoms with Crippen LogP contribution in [-0.4, -0.2) is 53.0 Å². The zero-order valence-corrected chi connectivity index (χ0v) is 15.4. The van der Waals surface area contributed by atoms with Crippen molar-refractivity contribution >= 4 is 23.6 Å². The molecule has 0 aliphatic carbocycles. The van der Waals surface area contributed by atoms with Gasteiger partial charge in [-0.2, -0.15) is 0 Å². The first-order chi connectivity index (χ1) is 11.5. The topological polar surface area (TPSA) is 133 Å². The van der Waals surface area contributed by atoms with Crippen LogP contribution in [0.4, 0.5) is 0 Å². The van der Waals surface area contributed by atoms with Crippen LogP contribution in [0.1, 0.15) is 53.4 Å². The smallest absolute Gasteiger partial charge is 0.316 e. The Bertz CT molecular complexity index is 488. The predicted octanol–water partition coefficient (Wildman–Crippen LogP) is 0.476. The van der Waals surface area contributed by atoms with E-state index in [1.54, 1.807) is 0 Å². The minimum Gasteiger partial charge on any atom is -0.481 e. The van der Waals surface area contributed by atoms with E-state index in [1.165, 1.54) is 13.8 Å². The van der Waals surface area contributed by atoms with Gasteiger partial charge in [-0.1, -0.05) is 26.7 Å². The number of aliphatic hydroxyl groups excluding tert-OH is 1. The van der Waals surface area contributed by atoms with Crippen molar-refractivity contribution in [3.05, 3.63) is 0 Å². The number of carbonyl (C=O) groups is 4. The van der Waals surface area contributed by atoms with Gasteiger partial charge < -0.3 is 20.8 Å². The predicted molar refractivity (Wildman–Crippen MR) is 91.8 cm³/mol. The first-order valence-corrected chi connectivity index (χ1v) is 8.47. The number of Topliss-reactive ketones (excluding diaryl/α,β-unsaturated/α-hetero) is 1. The Morgan fingerprint density at radius 3 is 2.16 bits per heavy atom. The van der Waals surface area contributed by atoms with Crippen molar-refractivity contribution in [2.45, 2.75) is 59.4 Å². The molecule has 2 amide bonds. The Morgan fingerprint density at radius 2 is 1.68 bits per heavy atom. The summed E-state index contributed by atoms with van der Waals surface area (Å²) in [5, 5.41) is 22.9. The van der Waals surface area contributed by atoms with E-state index in [0.29, 0.717) is 12.3 Å². The summed E-state index contributed by atoms with van der Waals surface area (Å²) in [6, 6.07) is -1.17. The number of aliphatic hydroxyl groups is 1. The molecule has 144 valence electrons. The number of unbranched alkanes of at least 4 members (excludes halogenated alkanes) is 1. The first kappa shape index (κ1) is 23.0. The monoisotopic (exact) mass is 358 g/mol. The number of carboxylic acid groups (broad SMARTS) is 1. The van der Waals surface area contributed by atoms with Gasteiger partial charge in [0.1, 0.15) is 11.5 Å². The quantitative estimate of drug-likeness (QED) is 0.296. The van der Waals surface area contributed by atoms with E-state index in [-0.39, 0.29) is 12.3 Å². The Morgan fingerprint density at radius 1 is 1.08 bits per heavy atom. The molecule has 0 aromatic heterocycles. The maximum absolute atomic E-state index is 11.9. The third-order valence-electron chi connectivity index (χ3n) is 3.92. The molecule has 0 aliphatic heterocycles. The summed E-state index contributed by atoms with van der Waals surface area (Å²) in [5.74, 6) is -2.49. The molecular formula is C17H30N2O6. The SMILES string of the molecule is CC(C)CCCCC(=O)N[C@@H](CO)C(=O)NCC(=O)C(C)(C)C(=O)O. The minimum absolute atomic E-state index is 0.251. The van der Waals surface area contributed by atoms with Crippen LogP contribution in [-0.2, 0) is 19.2 Å². The van der Waals surface area contributed by atoms with Crippen molar-refractivity contribution in [1.82, 2.24) is 10.6 Å². The molecule has 0 unspecified atom stereocenters. The normalized spacial score (nSPS) is 12.6. The first-order valence-electron chi connectivity index (χ1n) is 8.47. The molecule has 0 bridgehead atoms. The lowest BCUT2D eigenvalue weighted by atomic mass is 9.88. The molecule has 0 fully saturated rings. The summed E-state index contributed by atoms with van der Waals surface area (Å²) < 4.78 is 0. The fourth-order valence-electron chi connectivity index (χ4n) is 1.93. The minimum atomic E-state index is -1.62. The van der Waals surface area contributed by atoms with Crippen LogP contribution in [0.25, 0.3) is 0 Å². The van der Waals surface area contributed by atoms with Crippen molar-refractivity contribution in [3.63, 3.8) is 0 Å². The molecule has 0 aliphatic rings. The summed E-state index contributed by atoms with van der Waals surface area (Å²) in [4.78, 5) is 46.6. The molecule has 8 heteroatoms. The number of rotatable bonds is 12. The highest BCUT2D eigenvalue weighted by atomic mass is 16.4. The van der Waals surface area contributed by atoms with Crippen molar-refractivity contribution in [1.29, 1.82) is 0 Å². The van der Waals surface area contributed by atoms with Crippen LogP contribution < -0.4 is 10.6 Å². The molecule has 25 heavy (non-hydrogen) atoms. The molecule has 0 heterocycles. The second-order valence-corrected chi connectivity index (χ2v) is 7.01. The van der Waals surface area contributed by atoms with Crippen molar-refractivity contribution in [3.8, 4) is 0 Å². The Labute approximate surface area is 148 Å². The van der Waals surface area contributed by atoms with E-state index in [2.05, 4.69) is 24.5 Å². The molecule has 4 N–H and O–H groups in total. The summed E-state index contributed by atoms with van der Waals surface area (Å²) >= 11 is 0. The summed E-state index contributed by atoms with van der Waals surface area (Å²) in [6.45, 7) is 5.58. The van der Waals surface area contributed by atoms with E-state index >= 15 is 0 Å². The number of hydrogen-bond donors (Lipinski definition) is 4. The van der Waals surface area contributed by atoms with E-state index in [0.717, 1.165) is 12.8 Å². The van der Waals surface area contributed by atoms with E-state index in [4.69, 9.17) is 5.11 Å². The Balaban J connectivity index is 4.36. The number of nitrogens with one attached hydrogen (secondary N) is 2. The third kappa shape index (κ3) is 8.62. The van der Waals surface area contributed by atoms with Gasteiger partial charge in [-0.05, 0) is 26.2 Å². The molecule has 0 aromatic carbocycles. The molecule has 0 aromatic rings. The van der Waals surface area contributed by atoms with Gasteiger partial charge in [0, 0.05) is 6.42 Å². The van der Waals surface area contributed by atoms with E-state index in [9.17, 15) is 24.3 Å². The number of hydrogen-bond acceptors (Lipinski definition) is 5. The van der Waals surface area contributed by atoms with Gasteiger partial charge in [0.15, 0.2) is 5.78 Å². The molecule has 0 spiro atoms. The van der Waals surface area contributed by atoms with Gasteiger partial charge in [0.05, 0.1) is 13.2 Å². The van der Waals surface area contributed by atoms with Crippen LogP contribution in [0.3, 0.4) is 0 Å². The Kier molecular flexibility index (Phi) is 9.96. The maximum Gasteiger partial charge on any atom is 0.316 e. The largest absolute Gasteiger partial charge is 0.481 e. The number of carbonyl (C=O) groups excluding carboxylic acids is 3. The molecule has 0 saturated carbocycles. The van der Waals surface area contributed by atoms with Crippen LogP contribution in [0.2, 0.25) is 0 Å². The summed E-state index contributed by atoms with van der Waals surface area (Å²) in [7, 11) is 0. The average molecular weight is 358 g/mol. The zero-order chi connectivity index (χ0) is 19.6. The van der Waals surface area contributed by atoms with Crippen molar-refractivity contribution in [2.24, 2.45) is 11.3 Å². The lowest BCUT2D eigenvalue weighted by Gasteiger charge is -2.20. The standard InChI is InChI=1S/C17H30N2O6/c1-11(2)7-5-6-8-14(22)19-12(10-20)15(23)18-9-13(21)17(3,4)16(24)25/h11-12,20H,5-10H2,1-4H3,(H,18,23)(H,19,22)(H,24,25)/t12-/m0/s1. The third-order valence-corrected chi connectivity index (χ3v) is 3.92. The summed E-state index contributed by atoms with van der Waals surface area (Å²) in [6.07, 6.45) is 2.86. The Hall–Kier alpha value is -1.96. The molecule has 1 atom stereocenters. The molecular weight excluding hydrogens is 328 g/mol. The van der Waals surface area contributed by atoms with Crippen LogP contribution in [0.15, 0.2) is 0 Å². The highest BCUT2D eigenvalue weighted by Crippen LogP contribution is 2.16. The summed E-state index contributed by atoms with van der Waals surface area (Å²) in [5.41, 5.74) is -1.62. The maximum atomic E-state index is 11.9. The second kappa shape index (κ2) is 10.8. The number of amides is 2. The van der Waals surface area contributed by atoms with Crippen LogP contribution in [0.5, 0.6) is 0 Å². The number of aliphatic carboxylic acids is 1. The molecule has 0 rings (SSSR count). The zero-order valence-electron chi connectivity index (χ0n) is 15.4. The van der Waals surface area contributed by atoms with Gasteiger partial charge in [0.2, 0.25) is 11.8 Å². The average Bonchev–Trinajstić information content (AvgIpc) is 2.53. The highest BCUT2D eigenvalue weighted by molar-refractivity contribution is 6.04. The van der Waals surface area contributed by atoms with Crippen LogP contribution in [0, 0.1) is 11.3 Å². The van der Waals surface area contributed by atoms with E-state index < -0.39 is 42.3 Å². The second-order valence-electron chi connectivity index (χ2n) is 7.01. The van der Waals surface area contributed by atoms with Crippen molar-refractivity contribution in [2.75, 3.05) is 13.2 Å².